The standard InChI is InChI=1S/C17H25FN4O2/c18-14-3-6-22(11-14)17-13(9-15(19)23)1-2-16(21-17)20-10-12-4-7-24-8-5-12/h1-2,12,14H,3-11H2,(H2,19,23)(H,20,21)/t14-/m0/s1. The summed E-state index contributed by atoms with van der Waals surface area (Å²) in [5, 5.41) is 3.37. The number of carbonyl (C=O) groups excluding carboxylic acids is 1. The fourth-order valence-corrected chi connectivity index (χ4v) is 3.28. The fourth-order valence-electron chi connectivity index (χ4n) is 3.28. The molecule has 1 aromatic heterocycles. The molecular formula is C17H25FN4O2. The van der Waals surface area contributed by atoms with Gasteiger partial charge in [-0.15, -0.1) is 0 Å². The molecule has 2 aliphatic rings. The van der Waals surface area contributed by atoms with Gasteiger partial charge in [0.2, 0.25) is 5.91 Å². The van der Waals surface area contributed by atoms with Crippen LogP contribution in [-0.2, 0) is 16.0 Å². The Bertz CT molecular complexity index is 578. The van der Waals surface area contributed by atoms with E-state index in [1.165, 1.54) is 0 Å². The second-order valence-corrected chi connectivity index (χ2v) is 6.59. The largest absolute Gasteiger partial charge is 0.381 e. The Labute approximate surface area is 141 Å². The molecular weight excluding hydrogens is 311 g/mol. The third-order valence-corrected chi connectivity index (χ3v) is 4.66. The van der Waals surface area contributed by atoms with E-state index in [1.807, 2.05) is 17.0 Å². The van der Waals surface area contributed by atoms with Gasteiger partial charge in [-0.25, -0.2) is 9.37 Å². The van der Waals surface area contributed by atoms with Gasteiger partial charge in [0, 0.05) is 31.9 Å². The summed E-state index contributed by atoms with van der Waals surface area (Å²) in [7, 11) is 0. The summed E-state index contributed by atoms with van der Waals surface area (Å²) in [5.74, 6) is 1.60. The average molecular weight is 336 g/mol. The minimum Gasteiger partial charge on any atom is -0.381 e. The zero-order chi connectivity index (χ0) is 16.9. The van der Waals surface area contributed by atoms with Crippen LogP contribution in [0.15, 0.2) is 12.1 Å². The molecule has 132 valence electrons. The van der Waals surface area contributed by atoms with Gasteiger partial charge in [0.25, 0.3) is 0 Å². The van der Waals surface area contributed by atoms with Crippen molar-refractivity contribution in [2.75, 3.05) is 43.1 Å². The van der Waals surface area contributed by atoms with Crippen molar-refractivity contribution in [1.82, 2.24) is 4.98 Å². The highest BCUT2D eigenvalue weighted by Gasteiger charge is 2.25. The summed E-state index contributed by atoms with van der Waals surface area (Å²) in [5.41, 5.74) is 6.08. The highest BCUT2D eigenvalue weighted by molar-refractivity contribution is 5.78. The van der Waals surface area contributed by atoms with Crippen molar-refractivity contribution in [3.05, 3.63) is 17.7 Å². The molecule has 3 rings (SSSR count). The number of pyridine rings is 1. The number of nitrogens with two attached hydrogens (primary N) is 1. The van der Waals surface area contributed by atoms with Crippen LogP contribution in [-0.4, -0.2) is 49.9 Å². The Morgan fingerprint density at radius 2 is 2.17 bits per heavy atom. The maximum atomic E-state index is 13.6. The molecule has 0 unspecified atom stereocenters. The van der Waals surface area contributed by atoms with Crippen LogP contribution < -0.4 is 16.0 Å². The number of aromatic nitrogens is 1. The highest BCUT2D eigenvalue weighted by atomic mass is 19.1. The first-order valence-electron chi connectivity index (χ1n) is 8.60. The number of rotatable bonds is 6. The van der Waals surface area contributed by atoms with Crippen molar-refractivity contribution in [1.29, 1.82) is 0 Å². The lowest BCUT2D eigenvalue weighted by Crippen LogP contribution is -2.26. The summed E-state index contributed by atoms with van der Waals surface area (Å²) in [4.78, 5) is 17.8. The van der Waals surface area contributed by atoms with Crippen molar-refractivity contribution in [3.8, 4) is 0 Å². The molecule has 0 aromatic carbocycles. The Morgan fingerprint density at radius 1 is 1.38 bits per heavy atom. The van der Waals surface area contributed by atoms with Crippen LogP contribution >= 0.6 is 0 Å². The molecule has 1 aromatic rings. The van der Waals surface area contributed by atoms with Gasteiger partial charge in [-0.1, -0.05) is 6.07 Å². The number of carbonyl (C=O) groups is 1. The van der Waals surface area contributed by atoms with Gasteiger partial charge in [-0.3, -0.25) is 4.79 Å². The van der Waals surface area contributed by atoms with E-state index >= 15 is 0 Å². The Hall–Kier alpha value is -1.89. The van der Waals surface area contributed by atoms with E-state index in [0.717, 1.165) is 44.0 Å². The molecule has 2 fully saturated rings. The number of halogens is 1. The zero-order valence-corrected chi connectivity index (χ0v) is 13.8. The Morgan fingerprint density at radius 3 is 2.83 bits per heavy atom. The van der Waals surface area contributed by atoms with E-state index < -0.39 is 12.1 Å². The summed E-state index contributed by atoms with van der Waals surface area (Å²) >= 11 is 0. The summed E-state index contributed by atoms with van der Waals surface area (Å²) in [6.07, 6.45) is 1.88. The van der Waals surface area contributed by atoms with Crippen molar-refractivity contribution >= 4 is 17.5 Å². The fraction of sp³-hybridized carbons (Fsp3) is 0.647. The van der Waals surface area contributed by atoms with E-state index in [9.17, 15) is 9.18 Å². The zero-order valence-electron chi connectivity index (χ0n) is 13.8. The first kappa shape index (κ1) is 17.0. The third-order valence-electron chi connectivity index (χ3n) is 4.66. The molecule has 2 aliphatic heterocycles. The number of ether oxygens (including phenoxy) is 1. The second kappa shape index (κ2) is 7.79. The van der Waals surface area contributed by atoms with Gasteiger partial charge in [0.05, 0.1) is 13.0 Å². The predicted molar refractivity (Wildman–Crippen MR) is 90.9 cm³/mol. The Balaban J connectivity index is 1.71. The van der Waals surface area contributed by atoms with Gasteiger partial charge >= 0.3 is 0 Å². The number of anilines is 2. The predicted octanol–water partition coefficient (Wildman–Crippen LogP) is 1.50. The number of nitrogens with one attached hydrogen (secondary N) is 1. The molecule has 0 radical (unpaired) electrons. The van der Waals surface area contributed by atoms with Crippen LogP contribution in [0.1, 0.15) is 24.8 Å². The van der Waals surface area contributed by atoms with Gasteiger partial charge in [-0.2, -0.15) is 0 Å². The van der Waals surface area contributed by atoms with Crippen LogP contribution in [0.5, 0.6) is 0 Å². The second-order valence-electron chi connectivity index (χ2n) is 6.59. The molecule has 24 heavy (non-hydrogen) atoms. The molecule has 0 aliphatic carbocycles. The van der Waals surface area contributed by atoms with Crippen LogP contribution in [0.3, 0.4) is 0 Å². The minimum absolute atomic E-state index is 0.121. The van der Waals surface area contributed by atoms with E-state index in [0.29, 0.717) is 31.2 Å². The monoisotopic (exact) mass is 336 g/mol. The van der Waals surface area contributed by atoms with Crippen LogP contribution in [0.25, 0.3) is 0 Å². The van der Waals surface area contributed by atoms with Crippen LogP contribution in [0.2, 0.25) is 0 Å². The van der Waals surface area contributed by atoms with Gasteiger partial charge < -0.3 is 20.7 Å². The maximum Gasteiger partial charge on any atom is 0.221 e. The maximum absolute atomic E-state index is 13.6. The van der Waals surface area contributed by atoms with Crippen molar-refractivity contribution < 1.29 is 13.9 Å². The first-order valence-corrected chi connectivity index (χ1v) is 8.60. The number of hydrogen-bond acceptors (Lipinski definition) is 5. The molecule has 1 atom stereocenters. The molecule has 6 nitrogen and oxygen atoms in total. The molecule has 1 amide bonds. The smallest absolute Gasteiger partial charge is 0.221 e. The summed E-state index contributed by atoms with van der Waals surface area (Å²) < 4.78 is 18.9. The lowest BCUT2D eigenvalue weighted by Gasteiger charge is -2.24. The third kappa shape index (κ3) is 4.35. The van der Waals surface area contributed by atoms with E-state index in [1.54, 1.807) is 0 Å². The first-order chi connectivity index (χ1) is 11.6. The van der Waals surface area contributed by atoms with Gasteiger partial charge in [-0.05, 0) is 31.2 Å². The lowest BCUT2D eigenvalue weighted by molar-refractivity contribution is -0.117. The number of alkyl halides is 1. The normalized spacial score (nSPS) is 21.9. The summed E-state index contributed by atoms with van der Waals surface area (Å²) in [6, 6.07) is 3.73. The number of primary amides is 1. The molecule has 0 bridgehead atoms. The van der Waals surface area contributed by atoms with Gasteiger partial charge in [0.1, 0.15) is 17.8 Å². The molecule has 3 heterocycles. The van der Waals surface area contributed by atoms with E-state index in [-0.39, 0.29) is 6.42 Å². The lowest BCUT2D eigenvalue weighted by atomic mass is 10.0. The summed E-state index contributed by atoms with van der Waals surface area (Å²) in [6.45, 7) is 3.41. The highest BCUT2D eigenvalue weighted by Crippen LogP contribution is 2.26. The van der Waals surface area contributed by atoms with Crippen molar-refractivity contribution in [3.63, 3.8) is 0 Å². The minimum atomic E-state index is -0.841. The SMILES string of the molecule is NC(=O)Cc1ccc(NCC2CCOCC2)nc1N1CC[C@H](F)C1. The van der Waals surface area contributed by atoms with E-state index in [2.05, 4.69) is 10.3 Å². The topological polar surface area (TPSA) is 80.5 Å². The quantitative estimate of drug-likeness (QED) is 0.823. The van der Waals surface area contributed by atoms with Crippen LogP contribution in [0.4, 0.5) is 16.0 Å². The molecule has 3 N–H and O–H groups in total. The molecule has 0 saturated carbocycles. The van der Waals surface area contributed by atoms with Crippen molar-refractivity contribution in [2.45, 2.75) is 31.9 Å². The number of hydrogen-bond donors (Lipinski definition) is 2. The number of nitrogens with zero attached hydrogens (tertiary/aromatic N) is 2. The van der Waals surface area contributed by atoms with Crippen molar-refractivity contribution in [2.24, 2.45) is 11.7 Å². The molecule has 7 heteroatoms. The molecule has 2 saturated heterocycles. The van der Waals surface area contributed by atoms with Gasteiger partial charge in [0.15, 0.2) is 0 Å². The van der Waals surface area contributed by atoms with Crippen LogP contribution in [0, 0.1) is 5.92 Å². The van der Waals surface area contributed by atoms with E-state index in [4.69, 9.17) is 10.5 Å². The Kier molecular flexibility index (Phi) is 5.50. The number of amides is 1. The molecule has 0 spiro atoms. The average Bonchev–Trinajstić information content (AvgIpc) is 3.01.